The van der Waals surface area contributed by atoms with Crippen molar-refractivity contribution in [2.24, 2.45) is 16.5 Å². The fourth-order valence-electron chi connectivity index (χ4n) is 0.838. The summed E-state index contributed by atoms with van der Waals surface area (Å²) in [6, 6.07) is 0.219. The normalized spacial score (nSPS) is 11.8. The summed E-state index contributed by atoms with van der Waals surface area (Å²) in [5.74, 6) is 0.0402. The summed E-state index contributed by atoms with van der Waals surface area (Å²) < 4.78 is 0. The Morgan fingerprint density at radius 3 is 2.25 bits per heavy atom. The van der Waals surface area contributed by atoms with Gasteiger partial charge in [0.15, 0.2) is 11.9 Å². The Hall–Kier alpha value is -1.26. The van der Waals surface area contributed by atoms with Crippen molar-refractivity contribution in [3.8, 4) is 0 Å². The maximum absolute atomic E-state index is 6.89. The van der Waals surface area contributed by atoms with E-state index < -0.39 is 0 Å². The first-order valence-electron chi connectivity index (χ1n) is 4.04. The van der Waals surface area contributed by atoms with E-state index in [2.05, 4.69) is 10.3 Å². The molecular weight excluding hydrogens is 154 g/mol. The standard InChI is InChI=1S/C7H17N5/c1-3-5(4-2)11-7(10)12-6(8)9/h5H,3-4H2,1-2H3,(H6,8,9,10,11,12). The molecule has 0 atom stereocenters. The molecule has 0 bridgehead atoms. The highest BCUT2D eigenvalue weighted by molar-refractivity contribution is 5.95. The van der Waals surface area contributed by atoms with E-state index >= 15 is 0 Å². The average molecular weight is 171 g/mol. The van der Waals surface area contributed by atoms with Crippen LogP contribution in [0.4, 0.5) is 0 Å². The number of nitrogens with zero attached hydrogens (tertiary/aromatic N) is 1. The second kappa shape index (κ2) is 5.40. The molecule has 0 amide bonds. The van der Waals surface area contributed by atoms with Gasteiger partial charge in [-0.05, 0) is 12.8 Å². The minimum atomic E-state index is -0.179. The van der Waals surface area contributed by atoms with E-state index in [1.165, 1.54) is 0 Å². The zero-order valence-electron chi connectivity index (χ0n) is 7.59. The van der Waals surface area contributed by atoms with Crippen molar-refractivity contribution in [3.63, 3.8) is 0 Å². The van der Waals surface area contributed by atoms with Crippen LogP contribution in [-0.2, 0) is 0 Å². The molecule has 0 aliphatic rings. The quantitative estimate of drug-likeness (QED) is 0.354. The van der Waals surface area contributed by atoms with Crippen molar-refractivity contribution in [3.05, 3.63) is 0 Å². The SMILES string of the molecule is CCC(CC)N=C(N)NC(=N)N. The topological polar surface area (TPSA) is 100 Å². The number of guanidine groups is 2. The number of hydrogen-bond acceptors (Lipinski definition) is 2. The van der Waals surface area contributed by atoms with Crippen LogP contribution in [0.15, 0.2) is 4.99 Å². The number of rotatable bonds is 3. The van der Waals surface area contributed by atoms with Crippen molar-refractivity contribution in [1.82, 2.24) is 5.32 Å². The van der Waals surface area contributed by atoms with Crippen LogP contribution in [0.25, 0.3) is 0 Å². The second-order valence-electron chi connectivity index (χ2n) is 2.52. The molecule has 5 nitrogen and oxygen atoms in total. The van der Waals surface area contributed by atoms with Gasteiger partial charge in [-0.1, -0.05) is 13.8 Å². The Balaban J connectivity index is 4.03. The highest BCUT2D eigenvalue weighted by Crippen LogP contribution is 2.00. The minimum absolute atomic E-state index is 0.179. The summed E-state index contributed by atoms with van der Waals surface area (Å²) in [6.07, 6.45) is 1.88. The van der Waals surface area contributed by atoms with Gasteiger partial charge in [-0.2, -0.15) is 0 Å². The molecule has 12 heavy (non-hydrogen) atoms. The van der Waals surface area contributed by atoms with Gasteiger partial charge in [-0.3, -0.25) is 10.7 Å². The van der Waals surface area contributed by atoms with Crippen molar-refractivity contribution in [1.29, 1.82) is 5.41 Å². The third-order valence-corrected chi connectivity index (χ3v) is 1.53. The predicted molar refractivity (Wildman–Crippen MR) is 51.0 cm³/mol. The molecule has 0 spiro atoms. The zero-order chi connectivity index (χ0) is 9.56. The monoisotopic (exact) mass is 171 g/mol. The smallest absolute Gasteiger partial charge is 0.195 e. The number of hydrogen-bond donors (Lipinski definition) is 4. The van der Waals surface area contributed by atoms with Gasteiger partial charge in [0.2, 0.25) is 0 Å². The molecule has 6 N–H and O–H groups in total. The number of nitrogens with one attached hydrogen (secondary N) is 2. The third-order valence-electron chi connectivity index (χ3n) is 1.53. The van der Waals surface area contributed by atoms with Gasteiger partial charge in [-0.15, -0.1) is 0 Å². The van der Waals surface area contributed by atoms with Gasteiger partial charge in [0.1, 0.15) is 0 Å². The molecule has 0 unspecified atom stereocenters. The average Bonchev–Trinajstić information content (AvgIpc) is 1.98. The molecule has 0 aliphatic carbocycles. The fourth-order valence-corrected chi connectivity index (χ4v) is 0.838. The lowest BCUT2D eigenvalue weighted by atomic mass is 10.2. The van der Waals surface area contributed by atoms with E-state index in [4.69, 9.17) is 16.9 Å². The van der Waals surface area contributed by atoms with Crippen LogP contribution < -0.4 is 16.8 Å². The second-order valence-corrected chi connectivity index (χ2v) is 2.52. The molecule has 0 rings (SSSR count). The first-order chi connectivity index (χ1) is 5.60. The van der Waals surface area contributed by atoms with Crippen LogP contribution in [0.5, 0.6) is 0 Å². The van der Waals surface area contributed by atoms with Gasteiger partial charge in [0.25, 0.3) is 0 Å². The molecule has 0 aromatic heterocycles. The lowest BCUT2D eigenvalue weighted by molar-refractivity contribution is 0.629. The van der Waals surface area contributed by atoms with Crippen molar-refractivity contribution in [2.45, 2.75) is 32.7 Å². The maximum Gasteiger partial charge on any atom is 0.195 e. The van der Waals surface area contributed by atoms with Crippen molar-refractivity contribution < 1.29 is 0 Å². The Morgan fingerprint density at radius 2 is 1.92 bits per heavy atom. The van der Waals surface area contributed by atoms with Crippen LogP contribution in [0.3, 0.4) is 0 Å². The first kappa shape index (κ1) is 10.7. The summed E-state index contributed by atoms with van der Waals surface area (Å²) >= 11 is 0. The Kier molecular flexibility index (Phi) is 4.83. The Morgan fingerprint density at radius 1 is 1.42 bits per heavy atom. The van der Waals surface area contributed by atoms with Gasteiger partial charge >= 0.3 is 0 Å². The maximum atomic E-state index is 6.89. The predicted octanol–water partition coefficient (Wildman–Crippen LogP) is -0.0272. The molecule has 0 saturated heterocycles. The Labute approximate surface area is 72.7 Å². The summed E-state index contributed by atoms with van der Waals surface area (Å²) in [7, 11) is 0. The van der Waals surface area contributed by atoms with Crippen LogP contribution in [-0.4, -0.2) is 18.0 Å². The molecule has 0 heterocycles. The molecule has 5 heteroatoms. The van der Waals surface area contributed by atoms with E-state index in [0.717, 1.165) is 12.8 Å². The Bertz CT molecular complexity index is 171. The van der Waals surface area contributed by atoms with Crippen LogP contribution in [0.2, 0.25) is 0 Å². The third kappa shape index (κ3) is 4.54. The first-order valence-corrected chi connectivity index (χ1v) is 4.04. The van der Waals surface area contributed by atoms with E-state index in [1.54, 1.807) is 0 Å². The van der Waals surface area contributed by atoms with Crippen molar-refractivity contribution >= 4 is 11.9 Å². The molecule has 0 aromatic carbocycles. The van der Waals surface area contributed by atoms with Gasteiger partial charge in [0, 0.05) is 0 Å². The molecule has 0 saturated carbocycles. The number of aliphatic imine (C=N–C) groups is 1. The van der Waals surface area contributed by atoms with E-state index in [1.807, 2.05) is 13.8 Å². The molecular formula is C7H17N5. The summed E-state index contributed by atoms with van der Waals surface area (Å²) in [5.41, 5.74) is 10.5. The lowest BCUT2D eigenvalue weighted by Gasteiger charge is -2.08. The van der Waals surface area contributed by atoms with E-state index in [-0.39, 0.29) is 18.0 Å². The van der Waals surface area contributed by atoms with Gasteiger partial charge in [0.05, 0.1) is 6.04 Å². The molecule has 0 aliphatic heterocycles. The van der Waals surface area contributed by atoms with Crippen LogP contribution >= 0.6 is 0 Å². The zero-order valence-corrected chi connectivity index (χ0v) is 7.59. The van der Waals surface area contributed by atoms with Gasteiger partial charge in [-0.25, -0.2) is 4.99 Å². The van der Waals surface area contributed by atoms with E-state index in [0.29, 0.717) is 0 Å². The number of nitrogens with two attached hydrogens (primary N) is 2. The fraction of sp³-hybridized carbons (Fsp3) is 0.714. The highest BCUT2D eigenvalue weighted by atomic mass is 15.2. The van der Waals surface area contributed by atoms with Crippen molar-refractivity contribution in [2.75, 3.05) is 0 Å². The molecule has 0 radical (unpaired) electrons. The summed E-state index contributed by atoms with van der Waals surface area (Å²) in [4.78, 5) is 4.12. The van der Waals surface area contributed by atoms with Crippen LogP contribution in [0.1, 0.15) is 26.7 Å². The largest absolute Gasteiger partial charge is 0.370 e. The van der Waals surface area contributed by atoms with E-state index in [9.17, 15) is 0 Å². The van der Waals surface area contributed by atoms with Crippen LogP contribution in [0, 0.1) is 5.41 Å². The van der Waals surface area contributed by atoms with Gasteiger partial charge < -0.3 is 11.5 Å². The highest BCUT2D eigenvalue weighted by Gasteiger charge is 2.01. The molecule has 70 valence electrons. The minimum Gasteiger partial charge on any atom is -0.370 e. The summed E-state index contributed by atoms with van der Waals surface area (Å²) in [6.45, 7) is 4.08. The molecule has 0 fully saturated rings. The summed E-state index contributed by atoms with van der Waals surface area (Å²) in [5, 5.41) is 9.32. The molecule has 0 aromatic rings. The lowest BCUT2D eigenvalue weighted by Crippen LogP contribution is -2.41.